The zero-order valence-corrected chi connectivity index (χ0v) is 11.4. The molecule has 1 amide bonds. The highest BCUT2D eigenvalue weighted by Crippen LogP contribution is 2.15. The van der Waals surface area contributed by atoms with Crippen molar-refractivity contribution in [1.82, 2.24) is 5.43 Å². The number of carbonyl (C=O) groups is 1. The number of nitrogens with one attached hydrogen (secondary N) is 1. The van der Waals surface area contributed by atoms with Gasteiger partial charge in [0, 0.05) is 10.4 Å². The molecule has 3 nitrogen and oxygen atoms in total. The summed E-state index contributed by atoms with van der Waals surface area (Å²) in [6.07, 6.45) is 0. The fourth-order valence-electron chi connectivity index (χ4n) is 1.51. The Balaban J connectivity index is 2.07. The number of benzene rings is 1. The Morgan fingerprint density at radius 2 is 2.11 bits per heavy atom. The molecule has 19 heavy (non-hydrogen) atoms. The quantitative estimate of drug-likeness (QED) is 0.678. The predicted molar refractivity (Wildman–Crippen MR) is 75.1 cm³/mol. The number of hydrogen-bond donors (Lipinski definition) is 1. The normalized spacial score (nSPS) is 11.4. The molecule has 0 atom stereocenters. The summed E-state index contributed by atoms with van der Waals surface area (Å²) in [5, 5.41) is 4.02. The largest absolute Gasteiger partial charge is 0.271 e. The number of hydrogen-bond acceptors (Lipinski definition) is 3. The highest BCUT2D eigenvalue weighted by molar-refractivity contribution is 7.14. The van der Waals surface area contributed by atoms with Crippen LogP contribution in [0.4, 0.5) is 4.39 Å². The van der Waals surface area contributed by atoms with E-state index in [9.17, 15) is 9.18 Å². The molecule has 0 saturated heterocycles. The molecule has 0 bridgehead atoms. The third kappa shape index (κ3) is 3.48. The minimum absolute atomic E-state index is 0.249. The SMILES string of the molecule is C/C(=N\NC(=O)c1cccc(F)c1)c1ccc(C)s1. The molecular weight excluding hydrogens is 263 g/mol. The van der Waals surface area contributed by atoms with Gasteiger partial charge in [-0.2, -0.15) is 5.10 Å². The Hall–Kier alpha value is -2.01. The highest BCUT2D eigenvalue weighted by Gasteiger charge is 2.06. The third-order valence-electron chi connectivity index (χ3n) is 2.51. The molecule has 0 aliphatic rings. The van der Waals surface area contributed by atoms with Crippen molar-refractivity contribution in [3.8, 4) is 0 Å². The van der Waals surface area contributed by atoms with Gasteiger partial charge in [0.15, 0.2) is 0 Å². The van der Waals surface area contributed by atoms with Crippen LogP contribution in [-0.2, 0) is 0 Å². The average molecular weight is 276 g/mol. The van der Waals surface area contributed by atoms with Crippen molar-refractivity contribution in [3.05, 3.63) is 57.5 Å². The van der Waals surface area contributed by atoms with Crippen LogP contribution < -0.4 is 5.43 Å². The van der Waals surface area contributed by atoms with Crippen LogP contribution in [0.1, 0.15) is 27.0 Å². The Kier molecular flexibility index (Phi) is 4.06. The molecule has 1 aromatic heterocycles. The molecule has 0 aliphatic carbocycles. The topological polar surface area (TPSA) is 41.5 Å². The number of aryl methyl sites for hydroxylation is 1. The molecule has 2 aromatic rings. The van der Waals surface area contributed by atoms with Gasteiger partial charge >= 0.3 is 0 Å². The van der Waals surface area contributed by atoms with Crippen LogP contribution in [0.15, 0.2) is 41.5 Å². The number of carbonyl (C=O) groups excluding carboxylic acids is 1. The van der Waals surface area contributed by atoms with Crippen LogP contribution in [0.3, 0.4) is 0 Å². The molecule has 0 aliphatic heterocycles. The molecular formula is C14H13FN2OS. The second kappa shape index (κ2) is 5.75. The van der Waals surface area contributed by atoms with E-state index in [1.807, 2.05) is 26.0 Å². The highest BCUT2D eigenvalue weighted by atomic mass is 32.1. The van der Waals surface area contributed by atoms with Crippen molar-refractivity contribution in [2.75, 3.05) is 0 Å². The van der Waals surface area contributed by atoms with Gasteiger partial charge in [0.25, 0.3) is 5.91 Å². The second-order valence-corrected chi connectivity index (χ2v) is 5.35. The van der Waals surface area contributed by atoms with Gasteiger partial charge in [0.1, 0.15) is 5.82 Å². The maximum absolute atomic E-state index is 13.0. The van der Waals surface area contributed by atoms with Crippen molar-refractivity contribution >= 4 is 23.0 Å². The van der Waals surface area contributed by atoms with Crippen LogP contribution in [0.5, 0.6) is 0 Å². The minimum atomic E-state index is -0.442. The van der Waals surface area contributed by atoms with Gasteiger partial charge in [-0.15, -0.1) is 11.3 Å². The summed E-state index contributed by atoms with van der Waals surface area (Å²) in [6.45, 7) is 3.82. The number of nitrogens with zero attached hydrogens (tertiary/aromatic N) is 1. The summed E-state index contributed by atoms with van der Waals surface area (Å²) >= 11 is 1.60. The standard InChI is InChI=1S/C14H13FN2OS/c1-9-6-7-13(19-9)10(2)16-17-14(18)11-4-3-5-12(15)8-11/h3-8H,1-2H3,(H,17,18)/b16-10+. The van der Waals surface area contributed by atoms with Crippen molar-refractivity contribution in [2.45, 2.75) is 13.8 Å². The summed E-state index contributed by atoms with van der Waals surface area (Å²) in [4.78, 5) is 13.9. The number of thiophene rings is 1. The summed E-state index contributed by atoms with van der Waals surface area (Å²) in [7, 11) is 0. The van der Waals surface area contributed by atoms with Crippen LogP contribution in [0, 0.1) is 12.7 Å². The van der Waals surface area contributed by atoms with Crippen LogP contribution in [0.25, 0.3) is 0 Å². The number of amides is 1. The van der Waals surface area contributed by atoms with Crippen molar-refractivity contribution in [3.63, 3.8) is 0 Å². The van der Waals surface area contributed by atoms with E-state index in [-0.39, 0.29) is 5.56 Å². The maximum Gasteiger partial charge on any atom is 0.271 e. The van der Waals surface area contributed by atoms with E-state index in [1.54, 1.807) is 17.4 Å². The molecule has 0 unspecified atom stereocenters. The lowest BCUT2D eigenvalue weighted by Crippen LogP contribution is -2.19. The first-order valence-electron chi connectivity index (χ1n) is 5.73. The Morgan fingerprint density at radius 1 is 1.32 bits per heavy atom. The minimum Gasteiger partial charge on any atom is -0.267 e. The molecule has 98 valence electrons. The lowest BCUT2D eigenvalue weighted by Gasteiger charge is -2.01. The van der Waals surface area contributed by atoms with Gasteiger partial charge in [-0.3, -0.25) is 4.79 Å². The Labute approximate surface area is 114 Å². The first kappa shape index (κ1) is 13.4. The number of hydrazone groups is 1. The van der Waals surface area contributed by atoms with Gasteiger partial charge in [0.2, 0.25) is 0 Å². The smallest absolute Gasteiger partial charge is 0.267 e. The number of rotatable bonds is 3. The summed E-state index contributed by atoms with van der Waals surface area (Å²) in [5.74, 6) is -0.866. The summed E-state index contributed by atoms with van der Waals surface area (Å²) < 4.78 is 13.0. The first-order chi connectivity index (χ1) is 9.06. The van der Waals surface area contributed by atoms with E-state index in [0.717, 1.165) is 10.6 Å². The zero-order chi connectivity index (χ0) is 13.8. The monoisotopic (exact) mass is 276 g/mol. The van der Waals surface area contributed by atoms with E-state index in [4.69, 9.17) is 0 Å². The molecule has 0 spiro atoms. The van der Waals surface area contributed by atoms with E-state index in [1.165, 1.54) is 23.1 Å². The van der Waals surface area contributed by atoms with Gasteiger partial charge in [-0.05, 0) is 44.2 Å². The van der Waals surface area contributed by atoms with Gasteiger partial charge in [0.05, 0.1) is 10.6 Å². The molecule has 1 aromatic carbocycles. The maximum atomic E-state index is 13.0. The van der Waals surface area contributed by atoms with E-state index < -0.39 is 11.7 Å². The predicted octanol–water partition coefficient (Wildman–Crippen LogP) is 3.35. The average Bonchev–Trinajstić information content (AvgIpc) is 2.82. The zero-order valence-electron chi connectivity index (χ0n) is 10.6. The molecule has 1 heterocycles. The molecule has 1 N–H and O–H groups in total. The molecule has 0 fully saturated rings. The second-order valence-electron chi connectivity index (χ2n) is 4.06. The van der Waals surface area contributed by atoms with Crippen LogP contribution in [0.2, 0.25) is 0 Å². The third-order valence-corrected chi connectivity index (χ3v) is 3.62. The first-order valence-corrected chi connectivity index (χ1v) is 6.55. The van der Waals surface area contributed by atoms with Crippen molar-refractivity contribution in [1.29, 1.82) is 0 Å². The van der Waals surface area contributed by atoms with Crippen molar-refractivity contribution in [2.24, 2.45) is 5.10 Å². The van der Waals surface area contributed by atoms with Crippen LogP contribution in [-0.4, -0.2) is 11.6 Å². The molecule has 2 rings (SSSR count). The van der Waals surface area contributed by atoms with Gasteiger partial charge in [-0.1, -0.05) is 6.07 Å². The van der Waals surface area contributed by atoms with E-state index in [0.29, 0.717) is 0 Å². The van der Waals surface area contributed by atoms with Gasteiger partial charge in [-0.25, -0.2) is 9.82 Å². The molecule has 0 saturated carbocycles. The number of halogens is 1. The molecule has 0 radical (unpaired) electrons. The van der Waals surface area contributed by atoms with Gasteiger partial charge < -0.3 is 0 Å². The van der Waals surface area contributed by atoms with Crippen LogP contribution >= 0.6 is 11.3 Å². The van der Waals surface area contributed by atoms with E-state index >= 15 is 0 Å². The fraction of sp³-hybridized carbons (Fsp3) is 0.143. The summed E-state index contributed by atoms with van der Waals surface area (Å²) in [5.41, 5.74) is 3.40. The Morgan fingerprint density at radius 3 is 2.74 bits per heavy atom. The lowest BCUT2D eigenvalue weighted by molar-refractivity contribution is 0.0954. The molecule has 5 heteroatoms. The van der Waals surface area contributed by atoms with Crippen molar-refractivity contribution < 1.29 is 9.18 Å². The lowest BCUT2D eigenvalue weighted by atomic mass is 10.2. The Bertz CT molecular complexity index is 634. The summed E-state index contributed by atoms with van der Waals surface area (Å²) in [6, 6.07) is 9.44. The fourth-order valence-corrected chi connectivity index (χ4v) is 2.33. The van der Waals surface area contributed by atoms with E-state index in [2.05, 4.69) is 10.5 Å².